The Morgan fingerprint density at radius 1 is 1.26 bits per heavy atom. The quantitative estimate of drug-likeness (QED) is 0.859. The molecule has 1 aliphatic carbocycles. The van der Waals surface area contributed by atoms with E-state index >= 15 is 0 Å². The Labute approximate surface area is 122 Å². The zero-order valence-corrected chi connectivity index (χ0v) is 12.7. The van der Waals surface area contributed by atoms with Gasteiger partial charge in [-0.05, 0) is 44.6 Å². The minimum absolute atomic E-state index is 0. The van der Waals surface area contributed by atoms with Crippen molar-refractivity contribution in [1.82, 2.24) is 4.90 Å². The molecule has 0 aromatic carbocycles. The van der Waals surface area contributed by atoms with Crippen LogP contribution in [0, 0.1) is 11.8 Å². The molecule has 0 aromatic heterocycles. The molecule has 0 radical (unpaired) electrons. The fraction of sp³-hybridized carbons (Fsp3) is 0.929. The number of halogens is 1. The van der Waals surface area contributed by atoms with Gasteiger partial charge in [-0.3, -0.25) is 4.79 Å². The average Bonchev–Trinajstić information content (AvgIpc) is 2.87. The van der Waals surface area contributed by atoms with Crippen LogP contribution in [0.3, 0.4) is 0 Å². The van der Waals surface area contributed by atoms with E-state index < -0.39 is 0 Å². The van der Waals surface area contributed by atoms with Gasteiger partial charge in [-0.15, -0.1) is 12.4 Å². The Morgan fingerprint density at radius 3 is 2.68 bits per heavy atom. The molecule has 0 bridgehead atoms. The number of carbonyl (C=O) groups is 1. The highest BCUT2D eigenvalue weighted by atomic mass is 35.5. The Kier molecular flexibility index (Phi) is 7.11. The first-order chi connectivity index (χ1) is 8.72. The molecule has 112 valence electrons. The summed E-state index contributed by atoms with van der Waals surface area (Å²) >= 11 is 0. The van der Waals surface area contributed by atoms with Gasteiger partial charge in [0, 0.05) is 26.1 Å². The second-order valence-corrected chi connectivity index (χ2v) is 5.74. The van der Waals surface area contributed by atoms with Gasteiger partial charge >= 0.3 is 0 Å². The molecule has 2 N–H and O–H groups in total. The van der Waals surface area contributed by atoms with Gasteiger partial charge in [0.15, 0.2) is 0 Å². The predicted molar refractivity (Wildman–Crippen MR) is 78.4 cm³/mol. The van der Waals surface area contributed by atoms with Crippen molar-refractivity contribution in [3.8, 4) is 0 Å². The topological polar surface area (TPSA) is 55.6 Å². The lowest BCUT2D eigenvalue weighted by Crippen LogP contribution is -2.41. The van der Waals surface area contributed by atoms with E-state index in [-0.39, 0.29) is 30.3 Å². The first kappa shape index (κ1) is 16.7. The van der Waals surface area contributed by atoms with Crippen LogP contribution in [0.25, 0.3) is 0 Å². The molecule has 1 heterocycles. The SMILES string of the molecule is CN(CC1CCCCO1)C(=O)[C@@H]1CCC[C@@H]1CN.Cl. The first-order valence-electron chi connectivity index (χ1n) is 7.29. The number of nitrogens with zero attached hydrogens (tertiary/aromatic N) is 1. The summed E-state index contributed by atoms with van der Waals surface area (Å²) in [6.07, 6.45) is 6.98. The van der Waals surface area contributed by atoms with E-state index in [0.29, 0.717) is 12.5 Å². The molecule has 5 heteroatoms. The Bertz CT molecular complexity index is 283. The number of rotatable bonds is 4. The van der Waals surface area contributed by atoms with Gasteiger partial charge in [-0.1, -0.05) is 6.42 Å². The molecule has 3 atom stereocenters. The normalized spacial score (nSPS) is 30.7. The standard InChI is InChI=1S/C14H26N2O2.ClH/c1-16(10-12-6-2-3-8-18-12)14(17)13-7-4-5-11(13)9-15;/h11-13H,2-10,15H2,1H3;1H/t11-,12?,13-;/m1./s1. The molecule has 1 amide bonds. The summed E-state index contributed by atoms with van der Waals surface area (Å²) in [6.45, 7) is 2.23. The van der Waals surface area contributed by atoms with Crippen molar-refractivity contribution >= 4 is 18.3 Å². The van der Waals surface area contributed by atoms with Gasteiger partial charge < -0.3 is 15.4 Å². The van der Waals surface area contributed by atoms with Crippen LogP contribution in [0.4, 0.5) is 0 Å². The van der Waals surface area contributed by atoms with E-state index in [2.05, 4.69) is 0 Å². The maximum Gasteiger partial charge on any atom is 0.225 e. The lowest BCUT2D eigenvalue weighted by Gasteiger charge is -2.30. The third-order valence-corrected chi connectivity index (χ3v) is 4.41. The monoisotopic (exact) mass is 290 g/mol. The summed E-state index contributed by atoms with van der Waals surface area (Å²) in [7, 11) is 1.91. The summed E-state index contributed by atoms with van der Waals surface area (Å²) in [5, 5.41) is 0. The predicted octanol–water partition coefficient (Wildman–Crippen LogP) is 1.81. The van der Waals surface area contributed by atoms with E-state index in [1.54, 1.807) is 0 Å². The summed E-state index contributed by atoms with van der Waals surface area (Å²) < 4.78 is 5.70. The molecule has 2 rings (SSSR count). The number of hydrogen-bond acceptors (Lipinski definition) is 3. The molecule has 2 aliphatic rings. The van der Waals surface area contributed by atoms with Crippen LogP contribution in [0.1, 0.15) is 38.5 Å². The lowest BCUT2D eigenvalue weighted by molar-refractivity contribution is -0.137. The highest BCUT2D eigenvalue weighted by Crippen LogP contribution is 2.32. The fourth-order valence-corrected chi connectivity index (χ4v) is 3.27. The minimum Gasteiger partial charge on any atom is -0.376 e. The zero-order valence-electron chi connectivity index (χ0n) is 11.8. The van der Waals surface area contributed by atoms with E-state index in [4.69, 9.17) is 10.5 Å². The largest absolute Gasteiger partial charge is 0.376 e. The van der Waals surface area contributed by atoms with Crippen LogP contribution in [0.5, 0.6) is 0 Å². The maximum atomic E-state index is 12.4. The van der Waals surface area contributed by atoms with Crippen LogP contribution < -0.4 is 5.73 Å². The number of hydrogen-bond donors (Lipinski definition) is 1. The van der Waals surface area contributed by atoms with E-state index in [0.717, 1.165) is 45.3 Å². The molecule has 4 nitrogen and oxygen atoms in total. The van der Waals surface area contributed by atoms with Gasteiger partial charge in [0.1, 0.15) is 0 Å². The van der Waals surface area contributed by atoms with Crippen LogP contribution in [-0.4, -0.2) is 43.7 Å². The van der Waals surface area contributed by atoms with Gasteiger partial charge in [-0.2, -0.15) is 0 Å². The van der Waals surface area contributed by atoms with Crippen LogP contribution >= 0.6 is 12.4 Å². The van der Waals surface area contributed by atoms with Gasteiger partial charge in [0.05, 0.1) is 6.10 Å². The Balaban J connectivity index is 0.00000180. The second-order valence-electron chi connectivity index (χ2n) is 5.74. The molecule has 0 aromatic rings. The molecular weight excluding hydrogens is 264 g/mol. The van der Waals surface area contributed by atoms with Crippen LogP contribution in [0.15, 0.2) is 0 Å². The fourth-order valence-electron chi connectivity index (χ4n) is 3.27. The summed E-state index contributed by atoms with van der Waals surface area (Å²) in [5.74, 6) is 0.827. The summed E-state index contributed by atoms with van der Waals surface area (Å²) in [6, 6.07) is 0. The van der Waals surface area contributed by atoms with Gasteiger partial charge in [-0.25, -0.2) is 0 Å². The lowest BCUT2D eigenvalue weighted by atomic mass is 9.94. The van der Waals surface area contributed by atoms with Crippen molar-refractivity contribution in [3.05, 3.63) is 0 Å². The molecule has 1 saturated carbocycles. The summed E-state index contributed by atoms with van der Waals surface area (Å²) in [4.78, 5) is 14.3. The van der Waals surface area contributed by atoms with Crippen molar-refractivity contribution in [2.45, 2.75) is 44.6 Å². The number of likely N-dealkylation sites (N-methyl/N-ethyl adjacent to an activating group) is 1. The number of ether oxygens (including phenoxy) is 1. The second kappa shape index (κ2) is 8.08. The van der Waals surface area contributed by atoms with Crippen molar-refractivity contribution in [2.24, 2.45) is 17.6 Å². The highest BCUT2D eigenvalue weighted by Gasteiger charge is 2.34. The van der Waals surface area contributed by atoms with E-state index in [9.17, 15) is 4.79 Å². The molecule has 1 unspecified atom stereocenters. The third-order valence-electron chi connectivity index (χ3n) is 4.41. The first-order valence-corrected chi connectivity index (χ1v) is 7.29. The number of nitrogens with two attached hydrogens (primary N) is 1. The minimum atomic E-state index is 0. The van der Waals surface area contributed by atoms with Crippen molar-refractivity contribution in [2.75, 3.05) is 26.7 Å². The van der Waals surface area contributed by atoms with Crippen LogP contribution in [0.2, 0.25) is 0 Å². The maximum absolute atomic E-state index is 12.4. The number of carbonyl (C=O) groups excluding carboxylic acids is 1. The molecule has 1 saturated heterocycles. The highest BCUT2D eigenvalue weighted by molar-refractivity contribution is 5.85. The van der Waals surface area contributed by atoms with Gasteiger partial charge in [0.2, 0.25) is 5.91 Å². The Hall–Kier alpha value is -0.320. The Morgan fingerprint density at radius 2 is 2.05 bits per heavy atom. The molecular formula is C14H27ClN2O2. The van der Waals surface area contributed by atoms with Crippen molar-refractivity contribution in [1.29, 1.82) is 0 Å². The van der Waals surface area contributed by atoms with Gasteiger partial charge in [0.25, 0.3) is 0 Å². The third kappa shape index (κ3) is 4.33. The molecule has 19 heavy (non-hydrogen) atoms. The average molecular weight is 291 g/mol. The van der Waals surface area contributed by atoms with Crippen molar-refractivity contribution in [3.63, 3.8) is 0 Å². The number of amides is 1. The van der Waals surface area contributed by atoms with E-state index in [1.807, 2.05) is 11.9 Å². The summed E-state index contributed by atoms with van der Waals surface area (Å²) in [5.41, 5.74) is 5.75. The van der Waals surface area contributed by atoms with Crippen molar-refractivity contribution < 1.29 is 9.53 Å². The van der Waals surface area contributed by atoms with E-state index in [1.165, 1.54) is 6.42 Å². The van der Waals surface area contributed by atoms with Crippen LogP contribution in [-0.2, 0) is 9.53 Å². The molecule has 0 spiro atoms. The zero-order chi connectivity index (χ0) is 13.0. The smallest absolute Gasteiger partial charge is 0.225 e. The molecule has 2 fully saturated rings. The molecule has 1 aliphatic heterocycles.